The van der Waals surface area contributed by atoms with E-state index >= 15 is 0 Å². The minimum Gasteiger partial charge on any atom is -0.508 e. The Hall–Kier alpha value is -3.32. The molecule has 12 nitrogen and oxygen atoms in total. The second kappa shape index (κ2) is 13.7. The van der Waals surface area contributed by atoms with Gasteiger partial charge in [-0.15, -0.1) is 0 Å². The molecule has 4 amide bonds. The molecule has 1 aromatic rings. The molecular formula is C23H33N5O7S. The molecule has 1 aliphatic rings. The number of hydrogen-bond donors (Lipinski definition) is 6. The Labute approximate surface area is 213 Å². The van der Waals surface area contributed by atoms with Gasteiger partial charge in [-0.25, -0.2) is 4.79 Å². The Bertz CT molecular complexity index is 959. The highest BCUT2D eigenvalue weighted by Gasteiger charge is 2.38. The quantitative estimate of drug-likeness (QED) is 0.186. The molecule has 1 fully saturated rings. The van der Waals surface area contributed by atoms with E-state index in [0.717, 1.165) is 0 Å². The third-order valence-electron chi connectivity index (χ3n) is 5.82. The van der Waals surface area contributed by atoms with Crippen LogP contribution in [0.4, 0.5) is 0 Å². The van der Waals surface area contributed by atoms with Crippen LogP contribution in [0.25, 0.3) is 0 Å². The van der Waals surface area contributed by atoms with Crippen molar-refractivity contribution in [2.45, 2.75) is 56.3 Å². The van der Waals surface area contributed by atoms with Crippen molar-refractivity contribution in [3.63, 3.8) is 0 Å². The highest BCUT2D eigenvalue weighted by molar-refractivity contribution is 7.98. The predicted octanol–water partition coefficient (Wildman–Crippen LogP) is -1.06. The molecule has 0 bridgehead atoms. The Balaban J connectivity index is 2.20. The molecular weight excluding hydrogens is 490 g/mol. The lowest BCUT2D eigenvalue weighted by molar-refractivity contribution is -0.144. The van der Waals surface area contributed by atoms with Crippen molar-refractivity contribution in [1.82, 2.24) is 15.5 Å². The first kappa shape index (κ1) is 28.9. The van der Waals surface area contributed by atoms with Crippen molar-refractivity contribution in [3.8, 4) is 5.75 Å². The number of likely N-dealkylation sites (tertiary alicyclic amines) is 1. The lowest BCUT2D eigenvalue weighted by Crippen LogP contribution is -2.57. The van der Waals surface area contributed by atoms with Crippen LogP contribution in [-0.2, 0) is 30.4 Å². The van der Waals surface area contributed by atoms with Crippen LogP contribution in [0.1, 0.15) is 31.2 Å². The van der Waals surface area contributed by atoms with Gasteiger partial charge >= 0.3 is 5.97 Å². The molecule has 0 aliphatic carbocycles. The number of carboxylic acids is 1. The molecule has 0 saturated carbocycles. The molecule has 4 unspecified atom stereocenters. The van der Waals surface area contributed by atoms with Gasteiger partial charge in [0.1, 0.15) is 23.9 Å². The molecule has 2 rings (SSSR count). The van der Waals surface area contributed by atoms with E-state index in [1.165, 1.54) is 17.0 Å². The van der Waals surface area contributed by atoms with Gasteiger partial charge in [-0.05, 0) is 49.0 Å². The zero-order chi connectivity index (χ0) is 26.8. The lowest BCUT2D eigenvalue weighted by Gasteiger charge is -2.28. The highest BCUT2D eigenvalue weighted by atomic mass is 32.2. The first-order valence-electron chi connectivity index (χ1n) is 11.5. The summed E-state index contributed by atoms with van der Waals surface area (Å²) in [4.78, 5) is 63.2. The minimum absolute atomic E-state index is 0.00843. The molecule has 4 atom stereocenters. The molecule has 1 saturated heterocycles. The fraction of sp³-hybridized carbons (Fsp3) is 0.522. The summed E-state index contributed by atoms with van der Waals surface area (Å²) >= 11 is 1.56. The number of rotatable bonds is 13. The zero-order valence-corrected chi connectivity index (χ0v) is 20.8. The Morgan fingerprint density at radius 2 is 1.81 bits per heavy atom. The van der Waals surface area contributed by atoms with Crippen molar-refractivity contribution < 1.29 is 34.2 Å². The summed E-state index contributed by atoms with van der Waals surface area (Å²) in [5, 5.41) is 23.7. The van der Waals surface area contributed by atoms with Crippen molar-refractivity contribution in [1.29, 1.82) is 0 Å². The number of nitrogens with two attached hydrogens (primary N) is 2. The van der Waals surface area contributed by atoms with E-state index in [0.29, 0.717) is 37.1 Å². The van der Waals surface area contributed by atoms with Gasteiger partial charge in [0.15, 0.2) is 0 Å². The van der Waals surface area contributed by atoms with Gasteiger partial charge in [-0.2, -0.15) is 11.8 Å². The number of phenolic OH excluding ortho intramolecular Hbond substituents is 1. The number of aromatic hydroxyl groups is 1. The van der Waals surface area contributed by atoms with Crippen LogP contribution in [0.2, 0.25) is 0 Å². The number of benzene rings is 1. The van der Waals surface area contributed by atoms with Gasteiger partial charge in [-0.1, -0.05) is 12.1 Å². The van der Waals surface area contributed by atoms with Gasteiger partial charge in [0, 0.05) is 13.0 Å². The minimum atomic E-state index is -1.58. The number of primary amides is 1. The van der Waals surface area contributed by atoms with E-state index in [9.17, 15) is 34.2 Å². The predicted molar refractivity (Wildman–Crippen MR) is 133 cm³/mol. The van der Waals surface area contributed by atoms with Crippen molar-refractivity contribution in [3.05, 3.63) is 29.8 Å². The van der Waals surface area contributed by atoms with Crippen LogP contribution in [0.3, 0.4) is 0 Å². The third kappa shape index (κ3) is 8.41. The summed E-state index contributed by atoms with van der Waals surface area (Å²) in [6.07, 6.45) is 2.69. The number of hydrogen-bond acceptors (Lipinski definition) is 8. The van der Waals surface area contributed by atoms with E-state index in [2.05, 4.69) is 10.6 Å². The molecule has 1 aliphatic heterocycles. The Morgan fingerprint density at radius 3 is 2.39 bits per heavy atom. The monoisotopic (exact) mass is 523 g/mol. The van der Waals surface area contributed by atoms with Gasteiger partial charge < -0.3 is 37.2 Å². The van der Waals surface area contributed by atoms with Gasteiger partial charge in [0.05, 0.1) is 12.5 Å². The summed E-state index contributed by atoms with van der Waals surface area (Å²) in [6, 6.07) is 1.55. The SMILES string of the molecule is CSCCC(N)C(=O)N1CCCC1C(=O)NC(Cc1ccc(O)cc1)C(=O)NC(CC(N)=O)C(=O)O. The average Bonchev–Trinajstić information content (AvgIpc) is 3.32. The molecule has 8 N–H and O–H groups in total. The van der Waals surface area contributed by atoms with E-state index < -0.39 is 54.3 Å². The summed E-state index contributed by atoms with van der Waals surface area (Å²) < 4.78 is 0. The number of nitrogens with zero attached hydrogens (tertiary/aromatic N) is 1. The van der Waals surface area contributed by atoms with Gasteiger partial charge in [-0.3, -0.25) is 19.2 Å². The standard InChI is InChI=1S/C23H33N5O7S/c1-36-10-8-15(24)22(33)28-9-2-3-18(28)21(32)26-16(11-13-4-6-14(29)7-5-13)20(31)27-17(23(34)35)12-19(25)30/h4-7,15-18,29H,2-3,8-12,24H2,1H3,(H2,25,30)(H,26,32)(H,27,31)(H,34,35). The highest BCUT2D eigenvalue weighted by Crippen LogP contribution is 2.20. The molecule has 0 aromatic heterocycles. The summed E-state index contributed by atoms with van der Waals surface area (Å²) in [7, 11) is 0. The van der Waals surface area contributed by atoms with Crippen molar-refractivity contribution in [2.75, 3.05) is 18.6 Å². The molecule has 198 valence electrons. The molecule has 13 heteroatoms. The van der Waals surface area contributed by atoms with Crippen LogP contribution in [0, 0.1) is 0 Å². The fourth-order valence-electron chi connectivity index (χ4n) is 3.90. The number of carboxylic acid groups (broad SMARTS) is 1. The van der Waals surface area contributed by atoms with E-state index in [4.69, 9.17) is 11.5 Å². The van der Waals surface area contributed by atoms with Gasteiger partial charge in [0.25, 0.3) is 0 Å². The normalized spacial score (nSPS) is 17.6. The summed E-state index contributed by atoms with van der Waals surface area (Å²) in [5.41, 5.74) is 11.7. The van der Waals surface area contributed by atoms with Crippen molar-refractivity contribution in [2.24, 2.45) is 11.5 Å². The third-order valence-corrected chi connectivity index (χ3v) is 6.46. The van der Waals surface area contributed by atoms with Gasteiger partial charge in [0.2, 0.25) is 23.6 Å². The topological polar surface area (TPSA) is 205 Å². The van der Waals surface area contributed by atoms with Crippen LogP contribution in [0.5, 0.6) is 5.75 Å². The molecule has 1 aromatic carbocycles. The maximum atomic E-state index is 13.2. The summed E-state index contributed by atoms with van der Waals surface area (Å²) in [5.74, 6) is -3.41. The van der Waals surface area contributed by atoms with E-state index in [1.807, 2.05) is 6.26 Å². The molecule has 0 spiro atoms. The van der Waals surface area contributed by atoms with E-state index in [1.54, 1.807) is 23.9 Å². The Kier molecular flexibility index (Phi) is 11.0. The van der Waals surface area contributed by atoms with Crippen LogP contribution < -0.4 is 22.1 Å². The maximum absolute atomic E-state index is 13.2. The van der Waals surface area contributed by atoms with Crippen LogP contribution in [0.15, 0.2) is 24.3 Å². The number of phenols is 1. The smallest absolute Gasteiger partial charge is 0.326 e. The number of thioether (sulfide) groups is 1. The number of amides is 4. The largest absolute Gasteiger partial charge is 0.508 e. The second-order valence-electron chi connectivity index (χ2n) is 8.58. The number of carbonyl (C=O) groups is 5. The number of aliphatic carboxylic acids is 1. The maximum Gasteiger partial charge on any atom is 0.326 e. The molecule has 0 radical (unpaired) electrons. The number of nitrogens with one attached hydrogen (secondary N) is 2. The fourth-order valence-corrected chi connectivity index (χ4v) is 4.39. The first-order chi connectivity index (χ1) is 17.0. The summed E-state index contributed by atoms with van der Waals surface area (Å²) in [6.45, 7) is 0.360. The van der Waals surface area contributed by atoms with Crippen LogP contribution >= 0.6 is 11.8 Å². The zero-order valence-electron chi connectivity index (χ0n) is 20.0. The first-order valence-corrected chi connectivity index (χ1v) is 12.9. The Morgan fingerprint density at radius 1 is 1.14 bits per heavy atom. The number of carbonyl (C=O) groups excluding carboxylic acids is 4. The second-order valence-corrected chi connectivity index (χ2v) is 9.56. The average molecular weight is 524 g/mol. The lowest BCUT2D eigenvalue weighted by atomic mass is 10.0. The van der Waals surface area contributed by atoms with Crippen LogP contribution in [-0.4, -0.2) is 87.4 Å². The van der Waals surface area contributed by atoms with Crippen molar-refractivity contribution >= 4 is 41.4 Å². The molecule has 1 heterocycles. The van der Waals surface area contributed by atoms with E-state index in [-0.39, 0.29) is 18.1 Å². The molecule has 36 heavy (non-hydrogen) atoms.